The lowest BCUT2D eigenvalue weighted by atomic mass is 10.2. The maximum atomic E-state index is 12.1. The third-order valence-electron chi connectivity index (χ3n) is 2.70. The van der Waals surface area contributed by atoms with Gasteiger partial charge in [0.05, 0.1) is 13.2 Å². The fourth-order valence-electron chi connectivity index (χ4n) is 1.62. The van der Waals surface area contributed by atoms with Crippen molar-refractivity contribution >= 4 is 16.0 Å². The maximum absolute atomic E-state index is 12.1. The molecular weight excluding hydrogens is 335 g/mol. The number of thiol groups is 1. The van der Waals surface area contributed by atoms with E-state index in [1.54, 1.807) is 0 Å². The molecule has 0 fully saturated rings. The molecule has 1 aromatic rings. The number of benzene rings is 1. The molecule has 0 atom stereocenters. The van der Waals surface area contributed by atoms with Gasteiger partial charge in [-0.2, -0.15) is 17.5 Å². The van der Waals surface area contributed by atoms with Crippen LogP contribution in [-0.2, 0) is 31.0 Å². The molecule has 1 N–H and O–H groups in total. The second-order valence-corrected chi connectivity index (χ2v) is 7.75. The summed E-state index contributed by atoms with van der Waals surface area (Å²) in [5.41, 5.74) is 0.995. The number of alkyl halides is 3. The number of hydrogen-bond donors (Lipinski definition) is 2. The molecule has 1 aromatic carbocycles. The second-order valence-electron chi connectivity index (χ2n) is 4.93. The van der Waals surface area contributed by atoms with E-state index in [2.05, 4.69) is 4.36 Å². The number of rotatable bonds is 8. The van der Waals surface area contributed by atoms with Gasteiger partial charge in [-0.1, -0.05) is 30.3 Å². The molecule has 0 aliphatic carbocycles. The average Bonchev–Trinajstić information content (AvgIpc) is 2.46. The van der Waals surface area contributed by atoms with Gasteiger partial charge in [0.1, 0.15) is 6.79 Å². The van der Waals surface area contributed by atoms with E-state index < -0.39 is 22.2 Å². The smallest absolute Gasteiger partial charge is 0.355 e. The minimum Gasteiger partial charge on any atom is -0.355 e. The van der Waals surface area contributed by atoms with Crippen LogP contribution in [0.1, 0.15) is 12.0 Å². The monoisotopic (exact) mass is 355 g/mol. The first-order chi connectivity index (χ1) is 10.7. The zero-order chi connectivity index (χ0) is 17.3. The van der Waals surface area contributed by atoms with Gasteiger partial charge in [0.25, 0.3) is 0 Å². The van der Waals surface area contributed by atoms with Crippen LogP contribution in [0.15, 0.2) is 34.7 Å². The summed E-state index contributed by atoms with van der Waals surface area (Å²) in [6.07, 6.45) is -3.61. The van der Waals surface area contributed by atoms with Gasteiger partial charge in [0.15, 0.2) is 0 Å². The Morgan fingerprint density at radius 2 is 1.91 bits per heavy atom. The predicted molar refractivity (Wildman–Crippen MR) is 82.3 cm³/mol. The van der Waals surface area contributed by atoms with E-state index in [1.807, 2.05) is 30.3 Å². The Bertz CT molecular complexity index is 543. The highest BCUT2D eigenvalue weighted by Gasteiger charge is 2.39. The van der Waals surface area contributed by atoms with Gasteiger partial charge in [0, 0.05) is 5.75 Å². The van der Waals surface area contributed by atoms with Crippen molar-refractivity contribution in [3.8, 4) is 0 Å². The molecule has 0 heterocycles. The number of carbonyl (C=O) groups is 1. The van der Waals surface area contributed by atoms with Crippen molar-refractivity contribution in [2.45, 2.75) is 19.2 Å². The molecular formula is C14H20F3NO4S. The zero-order valence-electron chi connectivity index (χ0n) is 12.6. The molecule has 0 unspecified atom stereocenters. The molecule has 5 nitrogen and oxygen atoms in total. The van der Waals surface area contributed by atoms with E-state index in [0.717, 1.165) is 11.8 Å². The minimum absolute atomic E-state index is 0.0203. The second kappa shape index (κ2) is 9.11. The quantitative estimate of drug-likeness (QED) is 0.427. The maximum Gasteiger partial charge on any atom is 0.474 e. The summed E-state index contributed by atoms with van der Waals surface area (Å²) < 4.78 is 59.2. The van der Waals surface area contributed by atoms with Crippen LogP contribution >= 0.6 is 0 Å². The Morgan fingerprint density at radius 1 is 1.26 bits per heavy atom. The van der Waals surface area contributed by atoms with Crippen molar-refractivity contribution in [2.75, 3.05) is 25.4 Å². The fourth-order valence-corrected chi connectivity index (χ4v) is 2.95. The minimum atomic E-state index is -5.05. The average molecular weight is 355 g/mol. The summed E-state index contributed by atoms with van der Waals surface area (Å²) in [6, 6.07) is 9.47. The van der Waals surface area contributed by atoms with Gasteiger partial charge in [-0.3, -0.25) is 4.79 Å². The van der Waals surface area contributed by atoms with Gasteiger partial charge in [-0.25, -0.2) is 0 Å². The molecule has 0 saturated carbocycles. The number of hydrogen-bond acceptors (Lipinski definition) is 3. The lowest BCUT2D eigenvalue weighted by molar-refractivity contribution is -0.169. The lowest BCUT2D eigenvalue weighted by Crippen LogP contribution is -2.25. The summed E-state index contributed by atoms with van der Waals surface area (Å²) in [6.45, 7) is 0.621. The molecule has 0 radical (unpaired) electrons. The molecule has 0 spiro atoms. The van der Waals surface area contributed by atoms with E-state index in [0.29, 0.717) is 6.61 Å². The van der Waals surface area contributed by atoms with Crippen molar-refractivity contribution in [2.24, 2.45) is 4.36 Å². The predicted octanol–water partition coefficient (Wildman–Crippen LogP) is 2.83. The standard InChI is InChI=1S/C14H20F3NO4S/c1-23(20,18-13(19)14(15,16)17)9-5-8-21-11-22-10-12-6-3-2-4-7-12/h2-4,6-7,23H,5,8-11H2,1H3,(H,18,19,20). The summed E-state index contributed by atoms with van der Waals surface area (Å²) in [4.78, 5) is 10.7. The molecule has 0 saturated heterocycles. The molecule has 0 aromatic heterocycles. The summed E-state index contributed by atoms with van der Waals surface area (Å²) >= 11 is 0. The van der Waals surface area contributed by atoms with Crippen LogP contribution in [0.2, 0.25) is 0 Å². The Kier molecular flexibility index (Phi) is 7.83. The normalized spacial score (nSPS) is 12.9. The van der Waals surface area contributed by atoms with E-state index >= 15 is 0 Å². The van der Waals surface area contributed by atoms with Crippen molar-refractivity contribution in [3.05, 3.63) is 35.9 Å². The molecule has 9 heteroatoms. The Labute approximate surface area is 133 Å². The van der Waals surface area contributed by atoms with Crippen molar-refractivity contribution in [3.63, 3.8) is 0 Å². The van der Waals surface area contributed by atoms with Gasteiger partial charge in [-0.05, 0) is 18.2 Å². The molecule has 1 amide bonds. The van der Waals surface area contributed by atoms with Crippen LogP contribution in [0.25, 0.3) is 0 Å². The molecule has 0 bridgehead atoms. The summed E-state index contributed by atoms with van der Waals surface area (Å²) in [5, 5.41) is 0. The Morgan fingerprint density at radius 3 is 2.52 bits per heavy atom. The van der Waals surface area contributed by atoms with Crippen molar-refractivity contribution < 1.29 is 32.0 Å². The molecule has 132 valence electrons. The number of ether oxygens (including phenoxy) is 2. The molecule has 0 aliphatic rings. The molecule has 0 aliphatic heterocycles. The molecule has 23 heavy (non-hydrogen) atoms. The van der Waals surface area contributed by atoms with Gasteiger partial charge in [-0.15, -0.1) is 10.1 Å². The van der Waals surface area contributed by atoms with Crippen LogP contribution in [-0.4, -0.2) is 42.0 Å². The molecule has 1 rings (SSSR count). The topological polar surface area (TPSA) is 68.1 Å². The van der Waals surface area contributed by atoms with Crippen LogP contribution in [0.5, 0.6) is 0 Å². The number of halogens is 3. The number of nitrogens with zero attached hydrogens (tertiary/aromatic N) is 1. The first-order valence-corrected chi connectivity index (χ1v) is 9.15. The highest BCUT2D eigenvalue weighted by Crippen LogP contribution is 2.18. The Balaban J connectivity index is 2.19. The number of carbonyl (C=O) groups excluding carboxylic acids is 1. The first kappa shape index (κ1) is 19.8. The van der Waals surface area contributed by atoms with E-state index in [4.69, 9.17) is 9.47 Å². The first-order valence-electron chi connectivity index (χ1n) is 6.83. The highest BCUT2D eigenvalue weighted by molar-refractivity contribution is 7.99. The van der Waals surface area contributed by atoms with Crippen molar-refractivity contribution in [1.29, 1.82) is 0 Å². The zero-order valence-corrected chi connectivity index (χ0v) is 13.5. The highest BCUT2D eigenvalue weighted by atomic mass is 32.3. The third kappa shape index (κ3) is 8.80. The van der Waals surface area contributed by atoms with Crippen LogP contribution in [0.3, 0.4) is 0 Å². The summed E-state index contributed by atoms with van der Waals surface area (Å²) in [7, 11) is -3.26. The van der Waals surface area contributed by atoms with Crippen LogP contribution < -0.4 is 0 Å². The van der Waals surface area contributed by atoms with E-state index in [1.165, 1.54) is 0 Å². The van der Waals surface area contributed by atoms with Gasteiger partial charge < -0.3 is 14.0 Å². The van der Waals surface area contributed by atoms with E-state index in [9.17, 15) is 22.5 Å². The van der Waals surface area contributed by atoms with Gasteiger partial charge >= 0.3 is 12.1 Å². The van der Waals surface area contributed by atoms with E-state index in [-0.39, 0.29) is 25.6 Å². The third-order valence-corrected chi connectivity index (χ3v) is 4.47. The Hall–Kier alpha value is -1.29. The fraction of sp³-hybridized carbons (Fsp3) is 0.500. The lowest BCUT2D eigenvalue weighted by Gasteiger charge is -2.18. The van der Waals surface area contributed by atoms with Crippen molar-refractivity contribution in [1.82, 2.24) is 0 Å². The van der Waals surface area contributed by atoms with Gasteiger partial charge in [0.2, 0.25) is 0 Å². The SMILES string of the molecule is C[SH](O)(CCCOCOCc1ccccc1)=NC(=O)C(F)(F)F. The largest absolute Gasteiger partial charge is 0.474 e. The number of amides is 1. The summed E-state index contributed by atoms with van der Waals surface area (Å²) in [5.74, 6) is -2.27. The van der Waals surface area contributed by atoms with Crippen LogP contribution in [0.4, 0.5) is 13.2 Å². The van der Waals surface area contributed by atoms with Crippen LogP contribution in [0, 0.1) is 0 Å².